The van der Waals surface area contributed by atoms with Crippen LogP contribution in [0.15, 0.2) is 12.3 Å². The highest BCUT2D eigenvalue weighted by Gasteiger charge is 2.35. The van der Waals surface area contributed by atoms with Gasteiger partial charge in [0.1, 0.15) is 5.75 Å². The lowest BCUT2D eigenvalue weighted by atomic mass is 10.3. The van der Waals surface area contributed by atoms with Crippen molar-refractivity contribution in [2.45, 2.75) is 25.1 Å². The summed E-state index contributed by atoms with van der Waals surface area (Å²) in [6, 6.07) is 1.33. The first-order valence-corrected chi connectivity index (χ1v) is 4.92. The van der Waals surface area contributed by atoms with E-state index in [0.29, 0.717) is 5.75 Å². The van der Waals surface area contributed by atoms with Gasteiger partial charge in [-0.05, 0) is 12.8 Å². The van der Waals surface area contributed by atoms with Gasteiger partial charge in [-0.3, -0.25) is 0 Å². The number of halogens is 3. The number of rotatable bonds is 3. The van der Waals surface area contributed by atoms with Gasteiger partial charge < -0.3 is 10.1 Å². The highest BCUT2D eigenvalue weighted by molar-refractivity contribution is 5.52. The van der Waals surface area contributed by atoms with E-state index in [1.807, 2.05) is 0 Å². The summed E-state index contributed by atoms with van der Waals surface area (Å²) in [6.07, 6.45) is -1.28. The van der Waals surface area contributed by atoms with Gasteiger partial charge in [0.2, 0.25) is 0 Å². The van der Waals surface area contributed by atoms with E-state index in [1.54, 1.807) is 0 Å². The van der Waals surface area contributed by atoms with Crippen molar-refractivity contribution in [3.8, 4) is 5.75 Å². The maximum absolute atomic E-state index is 12.5. The van der Waals surface area contributed by atoms with E-state index in [9.17, 15) is 13.2 Å². The molecule has 1 saturated carbocycles. The Morgan fingerprint density at radius 3 is 2.62 bits per heavy atom. The van der Waals surface area contributed by atoms with Gasteiger partial charge in [-0.15, -0.1) is 0 Å². The van der Waals surface area contributed by atoms with E-state index in [4.69, 9.17) is 4.74 Å². The fourth-order valence-electron chi connectivity index (χ4n) is 1.30. The third-order valence-corrected chi connectivity index (χ3v) is 2.23. The van der Waals surface area contributed by atoms with Crippen molar-refractivity contribution in [2.24, 2.45) is 0 Å². The highest BCUT2D eigenvalue weighted by atomic mass is 19.4. The molecule has 1 aromatic heterocycles. The molecule has 1 fully saturated rings. The predicted octanol–water partition coefficient (Wildman–Crippen LogP) is 2.68. The summed E-state index contributed by atoms with van der Waals surface area (Å²) in [5, 5.41) is 2.47. The number of alkyl halides is 3. The summed E-state index contributed by atoms with van der Waals surface area (Å²) in [5.74, 6) is 0.375. The maximum Gasteiger partial charge on any atom is 0.435 e. The standard InChI is InChI=1S/C10H11F3N2O/c1-14-8-4-7(16-6-2-3-6)5-15-9(8)10(11,12)13/h4-6,14H,2-3H2,1H3. The molecule has 0 saturated heterocycles. The zero-order chi connectivity index (χ0) is 11.8. The summed E-state index contributed by atoms with van der Waals surface area (Å²) < 4.78 is 42.9. The normalized spacial score (nSPS) is 16.0. The molecule has 16 heavy (non-hydrogen) atoms. The third-order valence-electron chi connectivity index (χ3n) is 2.23. The zero-order valence-electron chi connectivity index (χ0n) is 8.64. The Balaban J connectivity index is 2.26. The summed E-state index contributed by atoms with van der Waals surface area (Å²) in [5.41, 5.74) is -0.983. The van der Waals surface area contributed by atoms with Crippen LogP contribution in [0.3, 0.4) is 0 Å². The molecule has 2 rings (SSSR count). The minimum absolute atomic E-state index is 0.0642. The molecule has 0 bridgehead atoms. The molecule has 1 aromatic rings. The molecule has 0 spiro atoms. The number of ether oxygens (including phenoxy) is 1. The quantitative estimate of drug-likeness (QED) is 0.869. The number of nitrogens with zero attached hydrogens (tertiary/aromatic N) is 1. The molecule has 1 N–H and O–H groups in total. The molecule has 88 valence electrons. The van der Waals surface area contributed by atoms with E-state index in [0.717, 1.165) is 19.0 Å². The second-order valence-electron chi connectivity index (χ2n) is 3.63. The van der Waals surface area contributed by atoms with Crippen LogP contribution in [-0.4, -0.2) is 18.1 Å². The smallest absolute Gasteiger partial charge is 0.435 e. The van der Waals surface area contributed by atoms with Gasteiger partial charge in [0.15, 0.2) is 5.69 Å². The van der Waals surface area contributed by atoms with Crippen LogP contribution in [0, 0.1) is 0 Å². The van der Waals surface area contributed by atoms with Crippen LogP contribution < -0.4 is 10.1 Å². The van der Waals surface area contributed by atoms with Crippen molar-refractivity contribution >= 4 is 5.69 Å². The molecular formula is C10H11F3N2O. The number of aromatic nitrogens is 1. The molecule has 0 atom stereocenters. The first-order chi connectivity index (χ1) is 7.50. The molecule has 0 unspecified atom stereocenters. The van der Waals surface area contributed by atoms with Crippen molar-refractivity contribution in [2.75, 3.05) is 12.4 Å². The fraction of sp³-hybridized carbons (Fsp3) is 0.500. The van der Waals surface area contributed by atoms with Crippen molar-refractivity contribution in [1.82, 2.24) is 4.98 Å². The Morgan fingerprint density at radius 1 is 1.44 bits per heavy atom. The lowest BCUT2D eigenvalue weighted by molar-refractivity contribution is -0.140. The van der Waals surface area contributed by atoms with Crippen LogP contribution in [0.4, 0.5) is 18.9 Å². The van der Waals surface area contributed by atoms with E-state index < -0.39 is 11.9 Å². The second kappa shape index (κ2) is 3.84. The molecule has 1 aliphatic rings. The van der Waals surface area contributed by atoms with Crippen LogP contribution in [0.25, 0.3) is 0 Å². The van der Waals surface area contributed by atoms with Crippen molar-refractivity contribution in [3.05, 3.63) is 18.0 Å². The maximum atomic E-state index is 12.5. The number of hydrogen-bond donors (Lipinski definition) is 1. The Morgan fingerprint density at radius 2 is 2.12 bits per heavy atom. The number of nitrogens with one attached hydrogen (secondary N) is 1. The monoisotopic (exact) mass is 232 g/mol. The van der Waals surface area contributed by atoms with Crippen molar-refractivity contribution in [3.63, 3.8) is 0 Å². The van der Waals surface area contributed by atoms with Crippen LogP contribution in [0.5, 0.6) is 5.75 Å². The first-order valence-electron chi connectivity index (χ1n) is 4.92. The molecule has 0 aromatic carbocycles. The van der Waals surface area contributed by atoms with Gasteiger partial charge in [-0.1, -0.05) is 0 Å². The average Bonchev–Trinajstić information content (AvgIpc) is 3.00. The van der Waals surface area contributed by atoms with Gasteiger partial charge in [0.25, 0.3) is 0 Å². The molecule has 3 nitrogen and oxygen atoms in total. The second-order valence-corrected chi connectivity index (χ2v) is 3.63. The molecule has 1 heterocycles. The van der Waals surface area contributed by atoms with Gasteiger partial charge in [0.05, 0.1) is 18.0 Å². The minimum atomic E-state index is -4.45. The highest BCUT2D eigenvalue weighted by Crippen LogP contribution is 2.35. The average molecular weight is 232 g/mol. The zero-order valence-corrected chi connectivity index (χ0v) is 8.64. The number of anilines is 1. The van der Waals surface area contributed by atoms with E-state index >= 15 is 0 Å². The first kappa shape index (κ1) is 11.0. The predicted molar refractivity (Wildman–Crippen MR) is 52.4 cm³/mol. The Hall–Kier alpha value is -1.46. The van der Waals surface area contributed by atoms with Gasteiger partial charge in [0, 0.05) is 13.1 Å². The SMILES string of the molecule is CNc1cc(OC2CC2)cnc1C(F)(F)F. The number of hydrogen-bond acceptors (Lipinski definition) is 3. The van der Waals surface area contributed by atoms with Crippen LogP contribution in [-0.2, 0) is 6.18 Å². The summed E-state index contributed by atoms with van der Waals surface area (Å²) >= 11 is 0. The van der Waals surface area contributed by atoms with Crippen LogP contribution in [0.1, 0.15) is 18.5 Å². The lowest BCUT2D eigenvalue weighted by Crippen LogP contribution is -2.12. The fourth-order valence-corrected chi connectivity index (χ4v) is 1.30. The molecule has 1 aliphatic carbocycles. The van der Waals surface area contributed by atoms with Gasteiger partial charge in [-0.25, -0.2) is 4.98 Å². The Labute approximate surface area is 90.6 Å². The summed E-state index contributed by atoms with van der Waals surface area (Å²) in [4.78, 5) is 3.39. The summed E-state index contributed by atoms with van der Waals surface area (Å²) in [7, 11) is 1.42. The van der Waals surface area contributed by atoms with Gasteiger partial charge in [-0.2, -0.15) is 13.2 Å². The topological polar surface area (TPSA) is 34.1 Å². The van der Waals surface area contributed by atoms with Gasteiger partial charge >= 0.3 is 6.18 Å². The number of pyridine rings is 1. The van der Waals surface area contributed by atoms with Crippen molar-refractivity contribution < 1.29 is 17.9 Å². The van der Waals surface area contributed by atoms with E-state index in [1.165, 1.54) is 13.1 Å². The molecule has 6 heteroatoms. The lowest BCUT2D eigenvalue weighted by Gasteiger charge is -2.13. The van der Waals surface area contributed by atoms with Crippen molar-refractivity contribution in [1.29, 1.82) is 0 Å². The van der Waals surface area contributed by atoms with Crippen LogP contribution >= 0.6 is 0 Å². The summed E-state index contributed by atoms with van der Waals surface area (Å²) in [6.45, 7) is 0. The van der Waals surface area contributed by atoms with Crippen LogP contribution in [0.2, 0.25) is 0 Å². The Bertz CT molecular complexity index is 388. The van der Waals surface area contributed by atoms with E-state index in [2.05, 4.69) is 10.3 Å². The molecular weight excluding hydrogens is 221 g/mol. The van der Waals surface area contributed by atoms with E-state index in [-0.39, 0.29) is 11.8 Å². The molecule has 0 amide bonds. The molecule has 0 radical (unpaired) electrons. The Kier molecular flexibility index (Phi) is 2.65. The largest absolute Gasteiger partial charge is 0.489 e. The molecule has 0 aliphatic heterocycles. The minimum Gasteiger partial charge on any atom is -0.489 e. The third kappa shape index (κ3) is 2.37.